The van der Waals surface area contributed by atoms with Crippen molar-refractivity contribution in [3.8, 4) is 33.8 Å². The highest BCUT2D eigenvalue weighted by Crippen LogP contribution is 2.36. The third-order valence-corrected chi connectivity index (χ3v) is 8.58. The minimum Gasteiger partial charge on any atom is -0.379 e. The van der Waals surface area contributed by atoms with Crippen molar-refractivity contribution in [1.82, 2.24) is 0 Å². The zero-order chi connectivity index (χ0) is 27.5. The monoisotopic (exact) mass is 556 g/mol. The SMILES string of the molecule is Cc1cccc(-c2ccc(OS(=O)(=O)c3ccccc3)cc2)c1-c1ccc(OS(=O)(=O)c2ccccc2)cc1. The zero-order valence-electron chi connectivity index (χ0n) is 20.9. The van der Waals surface area contributed by atoms with Crippen LogP contribution < -0.4 is 8.37 Å². The van der Waals surface area contributed by atoms with Gasteiger partial charge >= 0.3 is 20.2 Å². The van der Waals surface area contributed by atoms with Crippen molar-refractivity contribution in [3.63, 3.8) is 0 Å². The Kier molecular flexibility index (Phi) is 7.24. The molecule has 8 heteroatoms. The van der Waals surface area contributed by atoms with Crippen LogP contribution in [-0.2, 0) is 20.2 Å². The molecule has 0 saturated heterocycles. The van der Waals surface area contributed by atoms with Crippen LogP contribution in [0.2, 0.25) is 0 Å². The molecule has 0 radical (unpaired) electrons. The Hall–Kier alpha value is -4.40. The van der Waals surface area contributed by atoms with Gasteiger partial charge in [-0.25, -0.2) is 0 Å². The van der Waals surface area contributed by atoms with E-state index in [1.807, 2.05) is 37.3 Å². The van der Waals surface area contributed by atoms with Crippen LogP contribution >= 0.6 is 0 Å². The van der Waals surface area contributed by atoms with Gasteiger partial charge in [0.25, 0.3) is 0 Å². The Labute approximate surface area is 228 Å². The summed E-state index contributed by atoms with van der Waals surface area (Å²) in [6, 6.07) is 35.6. The van der Waals surface area contributed by atoms with E-state index in [0.717, 1.165) is 27.8 Å². The molecule has 0 amide bonds. The molecule has 5 rings (SSSR count). The van der Waals surface area contributed by atoms with Crippen molar-refractivity contribution < 1.29 is 25.2 Å². The van der Waals surface area contributed by atoms with Crippen molar-refractivity contribution in [2.45, 2.75) is 16.7 Å². The molecule has 0 fully saturated rings. The van der Waals surface area contributed by atoms with Crippen LogP contribution in [0.25, 0.3) is 22.3 Å². The Balaban J connectivity index is 1.40. The summed E-state index contributed by atoms with van der Waals surface area (Å²) >= 11 is 0. The first-order valence-electron chi connectivity index (χ1n) is 12.0. The van der Waals surface area contributed by atoms with E-state index in [2.05, 4.69) is 0 Å². The van der Waals surface area contributed by atoms with Crippen LogP contribution in [-0.4, -0.2) is 16.8 Å². The smallest absolute Gasteiger partial charge is 0.339 e. The number of benzene rings is 5. The molecular weight excluding hydrogens is 532 g/mol. The van der Waals surface area contributed by atoms with E-state index < -0.39 is 20.2 Å². The van der Waals surface area contributed by atoms with E-state index >= 15 is 0 Å². The minimum absolute atomic E-state index is 0.0824. The van der Waals surface area contributed by atoms with Gasteiger partial charge in [0.2, 0.25) is 0 Å². The first-order valence-corrected chi connectivity index (χ1v) is 14.8. The summed E-state index contributed by atoms with van der Waals surface area (Å²) in [6.45, 7) is 1.99. The lowest BCUT2D eigenvalue weighted by molar-refractivity contribution is 0.484. The molecule has 0 saturated carbocycles. The fourth-order valence-corrected chi connectivity index (χ4v) is 6.08. The standard InChI is InChI=1S/C31H24O6S2/c1-23-9-8-14-30(24-15-19-26(20-16-24)36-38(32,33)28-10-4-2-5-11-28)31(23)25-17-21-27(22-18-25)37-39(34,35)29-12-6-3-7-13-29/h2-22H,1H3. The lowest BCUT2D eigenvalue weighted by atomic mass is 9.91. The van der Waals surface area contributed by atoms with Crippen molar-refractivity contribution in [3.05, 3.63) is 133 Å². The van der Waals surface area contributed by atoms with Crippen LogP contribution in [0.1, 0.15) is 5.56 Å². The molecule has 0 N–H and O–H groups in total. The van der Waals surface area contributed by atoms with Gasteiger partial charge in [0.15, 0.2) is 0 Å². The van der Waals surface area contributed by atoms with Crippen molar-refractivity contribution >= 4 is 20.2 Å². The van der Waals surface area contributed by atoms with Crippen LogP contribution in [0.4, 0.5) is 0 Å². The maximum atomic E-state index is 12.6. The lowest BCUT2D eigenvalue weighted by Crippen LogP contribution is -2.09. The Morgan fingerprint density at radius 3 is 1.36 bits per heavy atom. The van der Waals surface area contributed by atoms with E-state index in [1.165, 1.54) is 24.3 Å². The van der Waals surface area contributed by atoms with Gasteiger partial charge in [0.1, 0.15) is 21.3 Å². The Morgan fingerprint density at radius 1 is 0.462 bits per heavy atom. The number of rotatable bonds is 8. The van der Waals surface area contributed by atoms with E-state index in [9.17, 15) is 16.8 Å². The molecule has 0 atom stereocenters. The van der Waals surface area contributed by atoms with Gasteiger partial charge in [0, 0.05) is 0 Å². The second-order valence-corrected chi connectivity index (χ2v) is 11.8. The quantitative estimate of drug-likeness (QED) is 0.194. The van der Waals surface area contributed by atoms with Gasteiger partial charge in [-0.3, -0.25) is 0 Å². The molecule has 0 aliphatic heterocycles. The molecule has 0 aliphatic carbocycles. The molecule has 0 bridgehead atoms. The van der Waals surface area contributed by atoms with Gasteiger partial charge < -0.3 is 8.37 Å². The summed E-state index contributed by atoms with van der Waals surface area (Å²) in [7, 11) is -7.88. The molecule has 5 aromatic carbocycles. The highest BCUT2D eigenvalue weighted by atomic mass is 32.2. The molecule has 0 spiro atoms. The van der Waals surface area contributed by atoms with Crippen molar-refractivity contribution in [1.29, 1.82) is 0 Å². The van der Waals surface area contributed by atoms with Crippen LogP contribution in [0.3, 0.4) is 0 Å². The van der Waals surface area contributed by atoms with Gasteiger partial charge in [-0.2, -0.15) is 16.8 Å². The fraction of sp³-hybridized carbons (Fsp3) is 0.0323. The number of aryl methyl sites for hydroxylation is 1. The Bertz CT molecular complexity index is 1800. The number of hydrogen-bond donors (Lipinski definition) is 0. The lowest BCUT2D eigenvalue weighted by Gasteiger charge is -2.15. The summed E-state index contributed by atoms with van der Waals surface area (Å²) in [5.41, 5.74) is 4.65. The van der Waals surface area contributed by atoms with Crippen LogP contribution in [0, 0.1) is 6.92 Å². The molecule has 0 aromatic heterocycles. The summed E-state index contributed by atoms with van der Waals surface area (Å²) < 4.78 is 60.9. The topological polar surface area (TPSA) is 86.7 Å². The largest absolute Gasteiger partial charge is 0.379 e. The van der Waals surface area contributed by atoms with Gasteiger partial charge in [-0.1, -0.05) is 78.9 Å². The van der Waals surface area contributed by atoms with Crippen LogP contribution in [0.5, 0.6) is 11.5 Å². The molecule has 0 unspecified atom stereocenters. The molecule has 39 heavy (non-hydrogen) atoms. The highest BCUT2D eigenvalue weighted by molar-refractivity contribution is 7.87. The number of hydrogen-bond acceptors (Lipinski definition) is 6. The van der Waals surface area contributed by atoms with Gasteiger partial charge in [-0.15, -0.1) is 0 Å². The highest BCUT2D eigenvalue weighted by Gasteiger charge is 2.18. The summed E-state index contributed by atoms with van der Waals surface area (Å²) in [5.74, 6) is 0.414. The first-order chi connectivity index (χ1) is 18.7. The average Bonchev–Trinajstić information content (AvgIpc) is 2.94. The fourth-order valence-electron chi connectivity index (χ4n) is 4.18. The van der Waals surface area contributed by atoms with Crippen molar-refractivity contribution in [2.24, 2.45) is 0 Å². The zero-order valence-corrected chi connectivity index (χ0v) is 22.5. The molecule has 196 valence electrons. The average molecular weight is 557 g/mol. The maximum Gasteiger partial charge on any atom is 0.339 e. The molecule has 0 aliphatic rings. The first kappa shape index (κ1) is 26.2. The third kappa shape index (κ3) is 5.87. The predicted octanol–water partition coefficient (Wildman–Crippen LogP) is 6.86. The molecule has 0 heterocycles. The molecule has 5 aromatic rings. The van der Waals surface area contributed by atoms with E-state index in [1.54, 1.807) is 72.8 Å². The third-order valence-electron chi connectivity index (χ3n) is 6.06. The normalized spacial score (nSPS) is 11.6. The molecule has 6 nitrogen and oxygen atoms in total. The summed E-state index contributed by atoms with van der Waals surface area (Å²) in [5, 5.41) is 0. The van der Waals surface area contributed by atoms with E-state index in [0.29, 0.717) is 0 Å². The minimum atomic E-state index is -3.94. The summed E-state index contributed by atoms with van der Waals surface area (Å²) in [4.78, 5) is 0.165. The molecular formula is C31H24O6S2. The maximum absolute atomic E-state index is 12.6. The van der Waals surface area contributed by atoms with E-state index in [4.69, 9.17) is 8.37 Å². The van der Waals surface area contributed by atoms with E-state index in [-0.39, 0.29) is 21.3 Å². The second-order valence-electron chi connectivity index (χ2n) is 8.75. The summed E-state index contributed by atoms with van der Waals surface area (Å²) in [6.07, 6.45) is 0. The predicted molar refractivity (Wildman–Crippen MR) is 151 cm³/mol. The second kappa shape index (κ2) is 10.8. The van der Waals surface area contributed by atoms with Gasteiger partial charge in [0.05, 0.1) is 0 Å². The van der Waals surface area contributed by atoms with Crippen molar-refractivity contribution in [2.75, 3.05) is 0 Å². The van der Waals surface area contributed by atoms with Crippen LogP contribution in [0.15, 0.2) is 137 Å². The van der Waals surface area contributed by atoms with Gasteiger partial charge in [-0.05, 0) is 83.3 Å². The Morgan fingerprint density at radius 2 is 0.897 bits per heavy atom.